The monoisotopic (exact) mass is 297 g/mol. The number of nitrogens with one attached hydrogen (secondary N) is 1. The lowest BCUT2D eigenvalue weighted by Gasteiger charge is -2.40. The maximum Gasteiger partial charge on any atom is 0.326 e. The Labute approximate surface area is 129 Å². The van der Waals surface area contributed by atoms with Crippen LogP contribution in [0, 0.1) is 0 Å². The van der Waals surface area contributed by atoms with E-state index in [1.807, 2.05) is 7.05 Å². The molecule has 0 amide bonds. The van der Waals surface area contributed by atoms with Crippen molar-refractivity contribution in [1.29, 1.82) is 0 Å². The van der Waals surface area contributed by atoms with E-state index in [1.165, 1.54) is 13.5 Å². The van der Waals surface area contributed by atoms with Gasteiger partial charge in [-0.25, -0.2) is 0 Å². The molecule has 122 valence electrons. The largest absolute Gasteiger partial charge is 0.468 e. The van der Waals surface area contributed by atoms with Gasteiger partial charge in [0.25, 0.3) is 0 Å². The van der Waals surface area contributed by atoms with Gasteiger partial charge in [-0.05, 0) is 39.7 Å². The van der Waals surface area contributed by atoms with E-state index in [0.29, 0.717) is 12.1 Å². The van der Waals surface area contributed by atoms with Crippen molar-refractivity contribution in [3.63, 3.8) is 0 Å². The summed E-state index contributed by atoms with van der Waals surface area (Å²) in [6, 6.07) is 1.19. The summed E-state index contributed by atoms with van der Waals surface area (Å²) in [5.74, 6) is -0.106. The molecule has 0 radical (unpaired) electrons. The standard InChI is InChI=1S/C16H31N3O2/c1-5-13(2)18-8-10-19(11-9-18)14-6-7-16(12-14,17-3)15(20)21-4/h13-14,17H,5-12H2,1-4H3. The van der Waals surface area contributed by atoms with E-state index in [0.717, 1.165) is 45.4 Å². The molecular formula is C16H31N3O2. The number of esters is 1. The van der Waals surface area contributed by atoms with E-state index in [2.05, 4.69) is 29.0 Å². The van der Waals surface area contributed by atoms with Crippen molar-refractivity contribution in [3.05, 3.63) is 0 Å². The average molecular weight is 297 g/mol. The van der Waals surface area contributed by atoms with Crippen LogP contribution in [0.3, 0.4) is 0 Å². The molecule has 0 aromatic heterocycles. The Morgan fingerprint density at radius 1 is 1.38 bits per heavy atom. The molecule has 0 spiro atoms. The first kappa shape index (κ1) is 16.7. The van der Waals surface area contributed by atoms with Crippen LogP contribution < -0.4 is 5.32 Å². The first-order chi connectivity index (χ1) is 10.1. The fourth-order valence-electron chi connectivity index (χ4n) is 3.84. The third kappa shape index (κ3) is 3.41. The molecule has 1 saturated heterocycles. The Bertz CT molecular complexity index is 355. The molecule has 1 aliphatic carbocycles. The lowest BCUT2D eigenvalue weighted by Crippen LogP contribution is -2.54. The van der Waals surface area contributed by atoms with Gasteiger partial charge >= 0.3 is 5.97 Å². The average Bonchev–Trinajstić information content (AvgIpc) is 2.99. The molecular weight excluding hydrogens is 266 g/mol. The van der Waals surface area contributed by atoms with Crippen molar-refractivity contribution >= 4 is 5.97 Å². The van der Waals surface area contributed by atoms with E-state index < -0.39 is 5.54 Å². The van der Waals surface area contributed by atoms with Crippen LogP contribution in [-0.4, -0.2) is 73.7 Å². The molecule has 1 aliphatic heterocycles. The summed E-state index contributed by atoms with van der Waals surface area (Å²) >= 11 is 0. The van der Waals surface area contributed by atoms with Gasteiger partial charge in [0.2, 0.25) is 0 Å². The van der Waals surface area contributed by atoms with Gasteiger partial charge in [0.1, 0.15) is 5.54 Å². The van der Waals surface area contributed by atoms with Crippen LogP contribution in [0.1, 0.15) is 39.5 Å². The normalized spacial score (nSPS) is 33.0. The number of rotatable bonds is 5. The van der Waals surface area contributed by atoms with Gasteiger partial charge in [-0.1, -0.05) is 6.92 Å². The van der Waals surface area contributed by atoms with Crippen molar-refractivity contribution in [1.82, 2.24) is 15.1 Å². The zero-order valence-electron chi connectivity index (χ0n) is 14.0. The summed E-state index contributed by atoms with van der Waals surface area (Å²) in [5.41, 5.74) is -0.465. The number of carbonyl (C=O) groups excluding carboxylic acids is 1. The minimum absolute atomic E-state index is 0.106. The predicted octanol–water partition coefficient (Wildman–Crippen LogP) is 1.09. The number of hydrogen-bond donors (Lipinski definition) is 1. The second kappa shape index (κ2) is 7.07. The smallest absolute Gasteiger partial charge is 0.326 e. The fourth-order valence-corrected chi connectivity index (χ4v) is 3.84. The molecule has 3 atom stereocenters. The number of ether oxygens (including phenoxy) is 1. The lowest BCUT2D eigenvalue weighted by atomic mass is 9.97. The van der Waals surface area contributed by atoms with Crippen LogP contribution in [-0.2, 0) is 9.53 Å². The summed E-state index contributed by atoms with van der Waals surface area (Å²) < 4.78 is 5.00. The van der Waals surface area contributed by atoms with Crippen LogP contribution in [0.2, 0.25) is 0 Å². The lowest BCUT2D eigenvalue weighted by molar-refractivity contribution is -0.148. The number of likely N-dealkylation sites (N-methyl/N-ethyl adjacent to an activating group) is 1. The fraction of sp³-hybridized carbons (Fsp3) is 0.938. The summed E-state index contributed by atoms with van der Waals surface area (Å²) in [6.45, 7) is 9.11. The van der Waals surface area contributed by atoms with E-state index in [4.69, 9.17) is 4.74 Å². The maximum absolute atomic E-state index is 12.1. The zero-order valence-corrected chi connectivity index (χ0v) is 14.0. The molecule has 0 aromatic carbocycles. The van der Waals surface area contributed by atoms with E-state index in [9.17, 15) is 4.79 Å². The van der Waals surface area contributed by atoms with Gasteiger partial charge in [0.05, 0.1) is 7.11 Å². The predicted molar refractivity (Wildman–Crippen MR) is 84.3 cm³/mol. The number of hydrogen-bond acceptors (Lipinski definition) is 5. The molecule has 2 aliphatic rings. The number of methoxy groups -OCH3 is 1. The molecule has 5 nitrogen and oxygen atoms in total. The molecule has 0 bridgehead atoms. The van der Waals surface area contributed by atoms with E-state index in [1.54, 1.807) is 0 Å². The summed E-state index contributed by atoms with van der Waals surface area (Å²) in [5, 5.41) is 3.22. The molecule has 3 unspecified atom stereocenters. The molecule has 1 N–H and O–H groups in total. The number of nitrogens with zero attached hydrogens (tertiary/aromatic N) is 2. The SMILES string of the molecule is CCC(C)N1CCN(C2CCC(NC)(C(=O)OC)C2)CC1. The van der Waals surface area contributed by atoms with Crippen molar-refractivity contribution in [2.24, 2.45) is 0 Å². The molecule has 1 heterocycles. The molecule has 5 heteroatoms. The summed E-state index contributed by atoms with van der Waals surface area (Å²) in [4.78, 5) is 17.2. The van der Waals surface area contributed by atoms with Crippen LogP contribution >= 0.6 is 0 Å². The minimum Gasteiger partial charge on any atom is -0.468 e. The molecule has 2 fully saturated rings. The Kier molecular flexibility index (Phi) is 5.63. The van der Waals surface area contributed by atoms with Gasteiger partial charge in [0.15, 0.2) is 0 Å². The Balaban J connectivity index is 1.89. The third-order valence-corrected chi connectivity index (χ3v) is 5.62. The minimum atomic E-state index is -0.465. The summed E-state index contributed by atoms with van der Waals surface area (Å²) in [6.07, 6.45) is 4.06. The Morgan fingerprint density at radius 2 is 2.05 bits per heavy atom. The molecule has 2 rings (SSSR count). The first-order valence-corrected chi connectivity index (χ1v) is 8.31. The highest BCUT2D eigenvalue weighted by Crippen LogP contribution is 2.34. The number of carbonyl (C=O) groups is 1. The molecule has 0 aromatic rings. The van der Waals surface area contributed by atoms with Crippen molar-refractivity contribution in [2.45, 2.75) is 57.2 Å². The maximum atomic E-state index is 12.1. The van der Waals surface area contributed by atoms with E-state index in [-0.39, 0.29) is 5.97 Å². The highest BCUT2D eigenvalue weighted by molar-refractivity contribution is 5.81. The van der Waals surface area contributed by atoms with Crippen LogP contribution in [0.15, 0.2) is 0 Å². The highest BCUT2D eigenvalue weighted by atomic mass is 16.5. The van der Waals surface area contributed by atoms with Crippen LogP contribution in [0.4, 0.5) is 0 Å². The zero-order chi connectivity index (χ0) is 15.5. The van der Waals surface area contributed by atoms with Gasteiger partial charge < -0.3 is 10.1 Å². The topological polar surface area (TPSA) is 44.8 Å². The quantitative estimate of drug-likeness (QED) is 0.770. The highest BCUT2D eigenvalue weighted by Gasteiger charge is 2.47. The van der Waals surface area contributed by atoms with E-state index >= 15 is 0 Å². The van der Waals surface area contributed by atoms with Gasteiger partial charge in [-0.15, -0.1) is 0 Å². The first-order valence-electron chi connectivity index (χ1n) is 8.31. The molecule has 1 saturated carbocycles. The van der Waals surface area contributed by atoms with Gasteiger partial charge in [-0.2, -0.15) is 0 Å². The van der Waals surface area contributed by atoms with Gasteiger partial charge in [0, 0.05) is 38.3 Å². The Hall–Kier alpha value is -0.650. The van der Waals surface area contributed by atoms with Gasteiger partial charge in [-0.3, -0.25) is 14.6 Å². The van der Waals surface area contributed by atoms with Crippen molar-refractivity contribution in [2.75, 3.05) is 40.3 Å². The Morgan fingerprint density at radius 3 is 2.57 bits per heavy atom. The van der Waals surface area contributed by atoms with Crippen LogP contribution in [0.25, 0.3) is 0 Å². The van der Waals surface area contributed by atoms with Crippen molar-refractivity contribution in [3.8, 4) is 0 Å². The summed E-state index contributed by atoms with van der Waals surface area (Å²) in [7, 11) is 3.36. The third-order valence-electron chi connectivity index (χ3n) is 5.62. The number of piperazine rings is 1. The second-order valence-electron chi connectivity index (χ2n) is 6.55. The second-order valence-corrected chi connectivity index (χ2v) is 6.55. The van der Waals surface area contributed by atoms with Crippen LogP contribution in [0.5, 0.6) is 0 Å². The van der Waals surface area contributed by atoms with Crippen molar-refractivity contribution < 1.29 is 9.53 Å². The molecule has 21 heavy (non-hydrogen) atoms.